The van der Waals surface area contributed by atoms with Crippen LogP contribution in [0, 0.1) is 0 Å². The van der Waals surface area contributed by atoms with Gasteiger partial charge in [0.05, 0.1) is 24.8 Å². The first kappa shape index (κ1) is 12.8. The van der Waals surface area contributed by atoms with Crippen LogP contribution < -0.4 is 5.32 Å². The molecule has 0 radical (unpaired) electrons. The van der Waals surface area contributed by atoms with E-state index in [1.165, 1.54) is 0 Å². The van der Waals surface area contributed by atoms with E-state index in [-0.39, 0.29) is 11.6 Å². The molecule has 0 bridgehead atoms. The van der Waals surface area contributed by atoms with E-state index in [4.69, 9.17) is 4.74 Å². The number of nitrogens with zero attached hydrogens (tertiary/aromatic N) is 1. The van der Waals surface area contributed by atoms with E-state index in [0.717, 1.165) is 38.8 Å². The molecule has 1 amide bonds. The van der Waals surface area contributed by atoms with Gasteiger partial charge >= 0.3 is 0 Å². The maximum absolute atomic E-state index is 12.7. The van der Waals surface area contributed by atoms with E-state index in [2.05, 4.69) is 19.2 Å². The maximum atomic E-state index is 12.7. The summed E-state index contributed by atoms with van der Waals surface area (Å²) in [6.45, 7) is 7.30. The van der Waals surface area contributed by atoms with Crippen LogP contribution in [-0.4, -0.2) is 48.7 Å². The number of morpholine rings is 1. The van der Waals surface area contributed by atoms with Crippen LogP contribution in [-0.2, 0) is 9.53 Å². The van der Waals surface area contributed by atoms with Gasteiger partial charge in [0.25, 0.3) is 0 Å². The molecule has 2 aliphatic rings. The Balaban J connectivity index is 2.10. The van der Waals surface area contributed by atoms with E-state index >= 15 is 0 Å². The zero-order valence-corrected chi connectivity index (χ0v) is 11.0. The lowest BCUT2D eigenvalue weighted by molar-refractivity contribution is -0.146. The van der Waals surface area contributed by atoms with Gasteiger partial charge in [-0.15, -0.1) is 0 Å². The monoisotopic (exact) mass is 240 g/mol. The molecule has 1 N–H and O–H groups in total. The molecule has 0 aliphatic carbocycles. The van der Waals surface area contributed by atoms with Crippen LogP contribution in [0.25, 0.3) is 0 Å². The lowest BCUT2D eigenvalue weighted by Gasteiger charge is -2.40. The third-order valence-electron chi connectivity index (χ3n) is 3.96. The molecule has 2 rings (SSSR count). The van der Waals surface area contributed by atoms with Gasteiger partial charge in [-0.1, -0.05) is 13.3 Å². The second kappa shape index (κ2) is 5.36. The summed E-state index contributed by atoms with van der Waals surface area (Å²) in [6.07, 6.45) is 4.11. The highest BCUT2D eigenvalue weighted by molar-refractivity contribution is 5.87. The van der Waals surface area contributed by atoms with Gasteiger partial charge in [0.1, 0.15) is 0 Å². The zero-order chi connectivity index (χ0) is 12.3. The summed E-state index contributed by atoms with van der Waals surface area (Å²) in [5.74, 6) is 0.299. The predicted octanol–water partition coefficient (Wildman–Crippen LogP) is 1.16. The molecule has 17 heavy (non-hydrogen) atoms. The summed E-state index contributed by atoms with van der Waals surface area (Å²) in [4.78, 5) is 14.7. The topological polar surface area (TPSA) is 41.6 Å². The summed E-state index contributed by atoms with van der Waals surface area (Å²) in [7, 11) is 0. The van der Waals surface area contributed by atoms with E-state index in [0.29, 0.717) is 19.1 Å². The highest BCUT2D eigenvalue weighted by Crippen LogP contribution is 2.28. The first-order chi connectivity index (χ1) is 8.19. The van der Waals surface area contributed by atoms with Gasteiger partial charge in [-0.05, 0) is 32.7 Å². The third kappa shape index (κ3) is 2.47. The maximum Gasteiger partial charge on any atom is 0.243 e. The van der Waals surface area contributed by atoms with E-state index in [1.54, 1.807) is 0 Å². The molecule has 4 heteroatoms. The largest absolute Gasteiger partial charge is 0.377 e. The normalized spacial score (nSPS) is 34.0. The van der Waals surface area contributed by atoms with Crippen molar-refractivity contribution in [2.24, 2.45) is 0 Å². The van der Waals surface area contributed by atoms with Gasteiger partial charge < -0.3 is 15.0 Å². The SMILES string of the molecule is CCCC1(C(=O)N2CCOC[C@H]2C)CCCN1. The molecular weight excluding hydrogens is 216 g/mol. The average Bonchev–Trinajstić information content (AvgIpc) is 2.79. The Bertz CT molecular complexity index is 275. The molecule has 2 atom stereocenters. The van der Waals surface area contributed by atoms with Gasteiger partial charge in [-0.2, -0.15) is 0 Å². The van der Waals surface area contributed by atoms with E-state index in [1.807, 2.05) is 4.90 Å². The molecule has 0 saturated carbocycles. The molecule has 2 fully saturated rings. The number of nitrogens with one attached hydrogen (secondary N) is 1. The summed E-state index contributed by atoms with van der Waals surface area (Å²) >= 11 is 0. The molecule has 0 aromatic rings. The van der Waals surface area contributed by atoms with Crippen LogP contribution in [0.1, 0.15) is 39.5 Å². The Hall–Kier alpha value is -0.610. The minimum Gasteiger partial charge on any atom is -0.377 e. The smallest absolute Gasteiger partial charge is 0.243 e. The third-order valence-corrected chi connectivity index (χ3v) is 3.96. The van der Waals surface area contributed by atoms with Crippen molar-refractivity contribution in [1.82, 2.24) is 10.2 Å². The number of carbonyl (C=O) groups is 1. The summed E-state index contributed by atoms with van der Waals surface area (Å²) < 4.78 is 5.40. The highest BCUT2D eigenvalue weighted by Gasteiger charge is 2.43. The predicted molar refractivity (Wildman–Crippen MR) is 66.9 cm³/mol. The minimum absolute atomic E-state index is 0.215. The van der Waals surface area contributed by atoms with Crippen molar-refractivity contribution in [3.8, 4) is 0 Å². The fourth-order valence-corrected chi connectivity index (χ4v) is 3.04. The Kier molecular flexibility index (Phi) is 4.05. The van der Waals surface area contributed by atoms with Crippen molar-refractivity contribution in [1.29, 1.82) is 0 Å². The Labute approximate surface area is 104 Å². The van der Waals surface area contributed by atoms with Crippen molar-refractivity contribution in [2.45, 2.75) is 51.1 Å². The van der Waals surface area contributed by atoms with Crippen molar-refractivity contribution < 1.29 is 9.53 Å². The number of carbonyl (C=O) groups excluding carboxylic acids is 1. The number of amides is 1. The quantitative estimate of drug-likeness (QED) is 0.805. The van der Waals surface area contributed by atoms with Crippen LogP contribution in [0.2, 0.25) is 0 Å². The summed E-state index contributed by atoms with van der Waals surface area (Å²) in [5.41, 5.74) is -0.277. The van der Waals surface area contributed by atoms with E-state index < -0.39 is 0 Å². The molecular formula is C13H24N2O2. The molecule has 2 heterocycles. The summed E-state index contributed by atoms with van der Waals surface area (Å²) in [6, 6.07) is 0.215. The Morgan fingerprint density at radius 2 is 2.41 bits per heavy atom. The van der Waals surface area contributed by atoms with Crippen LogP contribution in [0.3, 0.4) is 0 Å². The molecule has 0 aromatic heterocycles. The standard InChI is InChI=1S/C13H24N2O2/c1-3-5-13(6-4-7-14-13)12(16)15-8-9-17-10-11(15)2/h11,14H,3-10H2,1-2H3/t11-,13?/m1/s1. The van der Waals surface area contributed by atoms with Crippen LogP contribution in [0.15, 0.2) is 0 Å². The molecule has 4 nitrogen and oxygen atoms in total. The lowest BCUT2D eigenvalue weighted by atomic mass is 9.89. The lowest BCUT2D eigenvalue weighted by Crippen LogP contribution is -2.59. The number of ether oxygens (including phenoxy) is 1. The Morgan fingerprint density at radius 3 is 3.00 bits per heavy atom. The van der Waals surface area contributed by atoms with Crippen LogP contribution in [0.5, 0.6) is 0 Å². The fourth-order valence-electron chi connectivity index (χ4n) is 3.04. The van der Waals surface area contributed by atoms with Crippen LogP contribution in [0.4, 0.5) is 0 Å². The Morgan fingerprint density at radius 1 is 1.59 bits per heavy atom. The fraction of sp³-hybridized carbons (Fsp3) is 0.923. The molecule has 0 aromatic carbocycles. The number of rotatable bonds is 3. The van der Waals surface area contributed by atoms with Crippen LogP contribution >= 0.6 is 0 Å². The van der Waals surface area contributed by atoms with Gasteiger partial charge in [0.15, 0.2) is 0 Å². The number of hydrogen-bond donors (Lipinski definition) is 1. The highest BCUT2D eigenvalue weighted by atomic mass is 16.5. The van der Waals surface area contributed by atoms with Crippen molar-refractivity contribution in [2.75, 3.05) is 26.3 Å². The van der Waals surface area contributed by atoms with Gasteiger partial charge in [-0.25, -0.2) is 0 Å². The van der Waals surface area contributed by atoms with Gasteiger partial charge in [0.2, 0.25) is 5.91 Å². The molecule has 0 spiro atoms. The number of hydrogen-bond acceptors (Lipinski definition) is 3. The minimum atomic E-state index is -0.277. The molecule has 2 aliphatic heterocycles. The van der Waals surface area contributed by atoms with Gasteiger partial charge in [-0.3, -0.25) is 4.79 Å². The first-order valence-corrected chi connectivity index (χ1v) is 6.83. The summed E-state index contributed by atoms with van der Waals surface area (Å²) in [5, 5.41) is 3.46. The van der Waals surface area contributed by atoms with E-state index in [9.17, 15) is 4.79 Å². The molecule has 98 valence electrons. The second-order valence-corrected chi connectivity index (χ2v) is 5.28. The molecule has 2 saturated heterocycles. The average molecular weight is 240 g/mol. The molecule has 1 unspecified atom stereocenters. The van der Waals surface area contributed by atoms with Crippen molar-refractivity contribution >= 4 is 5.91 Å². The zero-order valence-electron chi connectivity index (χ0n) is 11.0. The first-order valence-electron chi connectivity index (χ1n) is 6.83. The van der Waals surface area contributed by atoms with Crippen molar-refractivity contribution in [3.05, 3.63) is 0 Å². The van der Waals surface area contributed by atoms with Gasteiger partial charge in [0, 0.05) is 6.54 Å². The van der Waals surface area contributed by atoms with Crippen molar-refractivity contribution in [3.63, 3.8) is 0 Å². The second-order valence-electron chi connectivity index (χ2n) is 5.28.